The van der Waals surface area contributed by atoms with Crippen LogP contribution in [0.5, 0.6) is 5.75 Å². The number of rotatable bonds is 6. The second-order valence-corrected chi connectivity index (χ2v) is 8.35. The number of aryl methyl sites for hydroxylation is 4. The molecular weight excluding hydrogens is 410 g/mol. The van der Waals surface area contributed by atoms with Crippen LogP contribution in [0.1, 0.15) is 28.1 Å². The largest absolute Gasteiger partial charge is 0.508 e. The molecule has 5 heteroatoms. The molecule has 4 aromatic rings. The van der Waals surface area contributed by atoms with Crippen LogP contribution in [-0.2, 0) is 36.9 Å². The van der Waals surface area contributed by atoms with Crippen LogP contribution in [0.4, 0.5) is 5.82 Å². The molecule has 5 rings (SSSR count). The van der Waals surface area contributed by atoms with E-state index in [-0.39, 0.29) is 18.1 Å². The average Bonchev–Trinajstić information content (AvgIpc) is 2.84. The van der Waals surface area contributed by atoms with Crippen LogP contribution in [0.2, 0.25) is 0 Å². The van der Waals surface area contributed by atoms with Crippen LogP contribution in [0.15, 0.2) is 78.9 Å². The molecular formula is C28H25N3O2. The molecule has 0 radical (unpaired) electrons. The Kier molecular flexibility index (Phi) is 5.85. The Hall–Kier alpha value is -3.99. The van der Waals surface area contributed by atoms with Gasteiger partial charge in [-0.05, 0) is 54.5 Å². The number of aromatic nitrogens is 2. The monoisotopic (exact) mass is 435 g/mol. The van der Waals surface area contributed by atoms with Crippen molar-refractivity contribution in [3.63, 3.8) is 0 Å². The van der Waals surface area contributed by atoms with Gasteiger partial charge in [-0.25, -0.2) is 9.97 Å². The summed E-state index contributed by atoms with van der Waals surface area (Å²) in [5, 5.41) is 12.5. The van der Waals surface area contributed by atoms with Crippen molar-refractivity contribution in [2.24, 2.45) is 0 Å². The Labute approximate surface area is 193 Å². The first-order chi connectivity index (χ1) is 16.2. The van der Waals surface area contributed by atoms with E-state index in [1.165, 1.54) is 11.1 Å². The highest BCUT2D eigenvalue weighted by molar-refractivity contribution is 5.92. The lowest BCUT2D eigenvalue weighted by Gasteiger charge is -2.21. The number of amides is 1. The van der Waals surface area contributed by atoms with Crippen molar-refractivity contribution in [1.82, 2.24) is 9.97 Å². The zero-order valence-electron chi connectivity index (χ0n) is 18.3. The Bertz CT molecular complexity index is 1280. The van der Waals surface area contributed by atoms with Gasteiger partial charge in [0.25, 0.3) is 0 Å². The van der Waals surface area contributed by atoms with E-state index >= 15 is 0 Å². The molecule has 5 nitrogen and oxygen atoms in total. The van der Waals surface area contributed by atoms with Crippen LogP contribution in [0, 0.1) is 0 Å². The molecule has 0 saturated carbocycles. The third-order valence-electron chi connectivity index (χ3n) is 6.00. The fourth-order valence-corrected chi connectivity index (χ4v) is 4.27. The number of fused-ring (bicyclic) bond motifs is 3. The molecule has 0 atom stereocenters. The highest BCUT2D eigenvalue weighted by Crippen LogP contribution is 2.33. The molecule has 1 aliphatic carbocycles. The van der Waals surface area contributed by atoms with Gasteiger partial charge in [0, 0.05) is 5.56 Å². The number of hydrogen-bond acceptors (Lipinski definition) is 4. The molecule has 0 aliphatic heterocycles. The summed E-state index contributed by atoms with van der Waals surface area (Å²) < 4.78 is 0. The van der Waals surface area contributed by atoms with E-state index in [4.69, 9.17) is 9.97 Å². The van der Waals surface area contributed by atoms with E-state index in [0.29, 0.717) is 12.2 Å². The summed E-state index contributed by atoms with van der Waals surface area (Å²) in [6.45, 7) is 0. The number of nitrogens with zero attached hydrogens (tertiary/aromatic N) is 2. The standard InChI is InChI=1S/C28H25N3O2/c32-22-14-10-20(11-15-22)18-26(33)31-28-25(16-12-19-6-2-1-3-7-19)29-27-23-9-5-4-8-21(23)13-17-24(27)30-28/h1-11,14-15,32H,12-13,16-18H2,(H,30,31,33). The first kappa shape index (κ1) is 20.9. The molecule has 0 bridgehead atoms. The van der Waals surface area contributed by atoms with E-state index in [2.05, 4.69) is 35.6 Å². The first-order valence-corrected chi connectivity index (χ1v) is 11.3. The molecule has 1 amide bonds. The van der Waals surface area contributed by atoms with E-state index in [9.17, 15) is 9.90 Å². The molecule has 33 heavy (non-hydrogen) atoms. The third-order valence-corrected chi connectivity index (χ3v) is 6.00. The summed E-state index contributed by atoms with van der Waals surface area (Å²) in [6, 6.07) is 25.3. The van der Waals surface area contributed by atoms with Crippen LogP contribution >= 0.6 is 0 Å². The maximum Gasteiger partial charge on any atom is 0.229 e. The number of carbonyl (C=O) groups excluding carboxylic acids is 1. The van der Waals surface area contributed by atoms with Gasteiger partial charge in [0.1, 0.15) is 5.75 Å². The summed E-state index contributed by atoms with van der Waals surface area (Å²) in [7, 11) is 0. The molecule has 164 valence electrons. The first-order valence-electron chi connectivity index (χ1n) is 11.3. The molecule has 2 N–H and O–H groups in total. The Balaban J connectivity index is 1.45. The van der Waals surface area contributed by atoms with Gasteiger partial charge in [-0.15, -0.1) is 0 Å². The van der Waals surface area contributed by atoms with Crippen molar-refractivity contribution in [3.05, 3.63) is 107 Å². The molecule has 1 aromatic heterocycles. The summed E-state index contributed by atoms with van der Waals surface area (Å²) >= 11 is 0. The van der Waals surface area contributed by atoms with Crippen LogP contribution in [-0.4, -0.2) is 21.0 Å². The van der Waals surface area contributed by atoms with Crippen LogP contribution < -0.4 is 5.32 Å². The molecule has 0 saturated heterocycles. The third kappa shape index (κ3) is 4.77. The molecule has 1 aliphatic rings. The minimum atomic E-state index is -0.146. The molecule has 0 unspecified atom stereocenters. The van der Waals surface area contributed by atoms with Gasteiger partial charge in [0.2, 0.25) is 5.91 Å². The Morgan fingerprint density at radius 3 is 2.39 bits per heavy atom. The number of aromatic hydroxyl groups is 1. The number of carbonyl (C=O) groups is 1. The lowest BCUT2D eigenvalue weighted by Crippen LogP contribution is -2.20. The molecule has 0 spiro atoms. The van der Waals surface area contributed by atoms with E-state index in [1.807, 2.05) is 24.3 Å². The minimum absolute atomic E-state index is 0.146. The predicted octanol–water partition coefficient (Wildman–Crippen LogP) is 4.91. The van der Waals surface area contributed by atoms with Crippen LogP contribution in [0.25, 0.3) is 11.3 Å². The number of anilines is 1. The zero-order chi connectivity index (χ0) is 22.6. The van der Waals surface area contributed by atoms with E-state index < -0.39 is 0 Å². The number of benzene rings is 3. The van der Waals surface area contributed by atoms with Crippen molar-refractivity contribution in [2.45, 2.75) is 32.1 Å². The Morgan fingerprint density at radius 1 is 0.818 bits per heavy atom. The van der Waals surface area contributed by atoms with Gasteiger partial charge in [-0.1, -0.05) is 66.7 Å². The number of phenolic OH excluding ortho intramolecular Hbond substituents is 1. The Morgan fingerprint density at radius 2 is 1.58 bits per heavy atom. The second kappa shape index (κ2) is 9.25. The van der Waals surface area contributed by atoms with Crippen molar-refractivity contribution in [2.75, 3.05) is 5.32 Å². The number of nitrogens with one attached hydrogen (secondary N) is 1. The van der Waals surface area contributed by atoms with Gasteiger partial charge in [-0.2, -0.15) is 0 Å². The normalized spacial score (nSPS) is 12.0. The van der Waals surface area contributed by atoms with Gasteiger partial charge < -0.3 is 10.4 Å². The van der Waals surface area contributed by atoms with Gasteiger partial charge in [0.05, 0.1) is 23.5 Å². The minimum Gasteiger partial charge on any atom is -0.508 e. The van der Waals surface area contributed by atoms with Gasteiger partial charge >= 0.3 is 0 Å². The van der Waals surface area contributed by atoms with Gasteiger partial charge in [0.15, 0.2) is 5.82 Å². The van der Waals surface area contributed by atoms with Crippen molar-refractivity contribution in [1.29, 1.82) is 0 Å². The highest BCUT2D eigenvalue weighted by Gasteiger charge is 2.22. The SMILES string of the molecule is O=C(Cc1ccc(O)cc1)Nc1nc2c(nc1CCc1ccccc1)-c1ccccc1CC2. The number of phenols is 1. The molecule has 0 fully saturated rings. The number of hydrogen-bond donors (Lipinski definition) is 2. The second-order valence-electron chi connectivity index (χ2n) is 8.35. The smallest absolute Gasteiger partial charge is 0.229 e. The van der Waals surface area contributed by atoms with Crippen LogP contribution in [0.3, 0.4) is 0 Å². The van der Waals surface area contributed by atoms with Gasteiger partial charge in [-0.3, -0.25) is 4.79 Å². The van der Waals surface area contributed by atoms with Crippen molar-refractivity contribution < 1.29 is 9.90 Å². The average molecular weight is 436 g/mol. The highest BCUT2D eigenvalue weighted by atomic mass is 16.3. The summed E-state index contributed by atoms with van der Waals surface area (Å²) in [6.07, 6.45) is 3.43. The summed E-state index contributed by atoms with van der Waals surface area (Å²) in [4.78, 5) is 22.7. The van der Waals surface area contributed by atoms with Crippen molar-refractivity contribution >= 4 is 11.7 Å². The fourth-order valence-electron chi connectivity index (χ4n) is 4.27. The molecule has 1 heterocycles. The fraction of sp³-hybridized carbons (Fsp3) is 0.179. The zero-order valence-corrected chi connectivity index (χ0v) is 18.3. The quantitative estimate of drug-likeness (QED) is 0.451. The lowest BCUT2D eigenvalue weighted by molar-refractivity contribution is -0.115. The molecule has 3 aromatic carbocycles. The predicted molar refractivity (Wildman–Crippen MR) is 129 cm³/mol. The van der Waals surface area contributed by atoms with E-state index in [1.54, 1.807) is 24.3 Å². The summed E-state index contributed by atoms with van der Waals surface area (Å²) in [5.41, 5.74) is 7.13. The van der Waals surface area contributed by atoms with E-state index in [0.717, 1.165) is 47.5 Å². The maximum atomic E-state index is 12.8. The topological polar surface area (TPSA) is 75.1 Å². The van der Waals surface area contributed by atoms with Crippen molar-refractivity contribution in [3.8, 4) is 17.0 Å². The maximum absolute atomic E-state index is 12.8. The lowest BCUT2D eigenvalue weighted by atomic mass is 9.91. The summed E-state index contributed by atoms with van der Waals surface area (Å²) in [5.74, 6) is 0.586.